The van der Waals surface area contributed by atoms with Gasteiger partial charge in [-0.3, -0.25) is 25.2 Å². The lowest BCUT2D eigenvalue weighted by atomic mass is 10.1. The molecule has 0 radical (unpaired) electrons. The molecule has 24 heavy (non-hydrogen) atoms. The third kappa shape index (κ3) is 3.27. The fourth-order valence-corrected chi connectivity index (χ4v) is 2.65. The Morgan fingerprint density at radius 3 is 2.25 bits per heavy atom. The second-order valence-corrected chi connectivity index (χ2v) is 5.44. The maximum absolute atomic E-state index is 12.4. The Morgan fingerprint density at radius 1 is 0.875 bits per heavy atom. The molecule has 0 aromatic heterocycles. The summed E-state index contributed by atoms with van der Waals surface area (Å²) < 4.78 is 0. The fraction of sp³-hybridized carbons (Fsp3) is 0.167. The lowest BCUT2D eigenvalue weighted by Crippen LogP contribution is -2.42. The minimum absolute atomic E-state index is 0.00331. The highest BCUT2D eigenvalue weighted by molar-refractivity contribution is 6.06. The van der Waals surface area contributed by atoms with Gasteiger partial charge in [0.2, 0.25) is 5.91 Å². The normalized spacial score (nSPS) is 13.7. The Bertz CT molecular complexity index is 774. The van der Waals surface area contributed by atoms with Crippen LogP contribution in [0.2, 0.25) is 0 Å². The number of carbonyl (C=O) groups excluding carboxylic acids is 3. The van der Waals surface area contributed by atoms with E-state index in [2.05, 4.69) is 10.9 Å². The molecule has 3 rings (SSSR count). The van der Waals surface area contributed by atoms with Crippen LogP contribution in [0.1, 0.15) is 33.6 Å². The van der Waals surface area contributed by atoms with Crippen LogP contribution in [0.15, 0.2) is 54.6 Å². The molecular formula is C18H17N3O3. The molecule has 1 fully saturated rings. The summed E-state index contributed by atoms with van der Waals surface area (Å²) in [4.78, 5) is 37.9. The van der Waals surface area contributed by atoms with Gasteiger partial charge < -0.3 is 4.90 Å². The summed E-state index contributed by atoms with van der Waals surface area (Å²) in [5.74, 6) is -0.864. The first-order valence-corrected chi connectivity index (χ1v) is 7.72. The standard InChI is InChI=1S/C18H17N3O3/c22-16-11-6-12-21(16)15-10-5-4-9-14(15)18(24)20-19-17(23)13-7-2-1-3-8-13/h1-5,7-10H,6,11-12H2,(H,19,23)(H,20,24). The van der Waals surface area contributed by atoms with Crippen molar-refractivity contribution < 1.29 is 14.4 Å². The van der Waals surface area contributed by atoms with Gasteiger partial charge in [0.15, 0.2) is 0 Å². The summed E-state index contributed by atoms with van der Waals surface area (Å²) in [5, 5.41) is 0. The third-order valence-electron chi connectivity index (χ3n) is 3.84. The summed E-state index contributed by atoms with van der Waals surface area (Å²) in [7, 11) is 0. The molecule has 6 nitrogen and oxygen atoms in total. The first-order valence-electron chi connectivity index (χ1n) is 7.72. The van der Waals surface area contributed by atoms with Gasteiger partial charge in [0, 0.05) is 18.5 Å². The molecule has 0 spiro atoms. The van der Waals surface area contributed by atoms with Crippen molar-refractivity contribution in [1.29, 1.82) is 0 Å². The van der Waals surface area contributed by atoms with Gasteiger partial charge in [0.25, 0.3) is 11.8 Å². The molecule has 2 aromatic rings. The van der Waals surface area contributed by atoms with Gasteiger partial charge in [0.05, 0.1) is 11.3 Å². The van der Waals surface area contributed by atoms with Crippen molar-refractivity contribution in [3.05, 3.63) is 65.7 Å². The number of hydrazine groups is 1. The van der Waals surface area contributed by atoms with Gasteiger partial charge in [0.1, 0.15) is 0 Å². The smallest absolute Gasteiger partial charge is 0.271 e. The van der Waals surface area contributed by atoms with E-state index in [0.29, 0.717) is 29.8 Å². The highest BCUT2D eigenvalue weighted by atomic mass is 16.2. The number of rotatable bonds is 3. The van der Waals surface area contributed by atoms with Gasteiger partial charge in [-0.05, 0) is 30.7 Å². The van der Waals surface area contributed by atoms with E-state index >= 15 is 0 Å². The fourth-order valence-electron chi connectivity index (χ4n) is 2.65. The number of anilines is 1. The first-order chi connectivity index (χ1) is 11.7. The molecule has 1 aliphatic rings. The molecule has 0 aliphatic carbocycles. The van der Waals surface area contributed by atoms with E-state index in [4.69, 9.17) is 0 Å². The van der Waals surface area contributed by atoms with Gasteiger partial charge in [-0.15, -0.1) is 0 Å². The lowest BCUT2D eigenvalue weighted by Gasteiger charge is -2.19. The average Bonchev–Trinajstić information content (AvgIpc) is 3.06. The zero-order valence-electron chi connectivity index (χ0n) is 13.0. The molecular weight excluding hydrogens is 306 g/mol. The topological polar surface area (TPSA) is 78.5 Å². The van der Waals surface area contributed by atoms with Crippen molar-refractivity contribution in [3.8, 4) is 0 Å². The molecule has 2 N–H and O–H groups in total. The molecule has 6 heteroatoms. The van der Waals surface area contributed by atoms with E-state index in [0.717, 1.165) is 6.42 Å². The third-order valence-corrected chi connectivity index (χ3v) is 3.84. The molecule has 0 unspecified atom stereocenters. The SMILES string of the molecule is O=C(NNC(=O)c1ccccc1N1CCCC1=O)c1ccccc1. The van der Waals surface area contributed by atoms with Gasteiger partial charge in [-0.25, -0.2) is 0 Å². The van der Waals surface area contributed by atoms with Gasteiger partial charge in [-0.1, -0.05) is 30.3 Å². The second-order valence-electron chi connectivity index (χ2n) is 5.44. The van der Waals surface area contributed by atoms with Crippen molar-refractivity contribution in [1.82, 2.24) is 10.9 Å². The summed E-state index contributed by atoms with van der Waals surface area (Å²) in [5.41, 5.74) is 6.14. The number of nitrogens with zero attached hydrogens (tertiary/aromatic N) is 1. The van der Waals surface area contributed by atoms with Crippen LogP contribution < -0.4 is 15.8 Å². The Morgan fingerprint density at radius 2 is 1.54 bits per heavy atom. The van der Waals surface area contributed by atoms with Crippen LogP contribution in [0.25, 0.3) is 0 Å². The molecule has 0 bridgehead atoms. The van der Waals surface area contributed by atoms with E-state index in [-0.39, 0.29) is 5.91 Å². The monoisotopic (exact) mass is 323 g/mol. The molecule has 1 aliphatic heterocycles. The number of amides is 3. The van der Waals surface area contributed by atoms with Crippen molar-refractivity contribution in [2.75, 3.05) is 11.4 Å². The molecule has 0 saturated carbocycles. The number of para-hydroxylation sites is 1. The van der Waals surface area contributed by atoms with Crippen LogP contribution >= 0.6 is 0 Å². The highest BCUT2D eigenvalue weighted by Crippen LogP contribution is 2.25. The largest absolute Gasteiger partial charge is 0.312 e. The summed E-state index contributed by atoms with van der Waals surface area (Å²) >= 11 is 0. The minimum Gasteiger partial charge on any atom is -0.312 e. The van der Waals surface area contributed by atoms with Gasteiger partial charge >= 0.3 is 0 Å². The molecule has 1 saturated heterocycles. The van der Waals surface area contributed by atoms with Crippen LogP contribution in [0.3, 0.4) is 0 Å². The van der Waals surface area contributed by atoms with Crippen LogP contribution in [0.5, 0.6) is 0 Å². The van der Waals surface area contributed by atoms with Crippen molar-refractivity contribution in [2.24, 2.45) is 0 Å². The quantitative estimate of drug-likeness (QED) is 0.847. The van der Waals surface area contributed by atoms with Crippen LogP contribution in [-0.2, 0) is 4.79 Å². The molecule has 2 aromatic carbocycles. The number of hydrogen-bond acceptors (Lipinski definition) is 3. The van der Waals surface area contributed by atoms with Crippen molar-refractivity contribution >= 4 is 23.4 Å². The van der Waals surface area contributed by atoms with E-state index in [9.17, 15) is 14.4 Å². The molecule has 1 heterocycles. The van der Waals surface area contributed by atoms with Gasteiger partial charge in [-0.2, -0.15) is 0 Å². The Balaban J connectivity index is 1.72. The van der Waals surface area contributed by atoms with Crippen LogP contribution in [0, 0.1) is 0 Å². The predicted octanol–water partition coefficient (Wildman–Crippen LogP) is 1.89. The van der Waals surface area contributed by atoms with E-state index < -0.39 is 11.8 Å². The lowest BCUT2D eigenvalue weighted by molar-refractivity contribution is -0.117. The average molecular weight is 323 g/mol. The zero-order chi connectivity index (χ0) is 16.9. The van der Waals surface area contributed by atoms with E-state index in [1.165, 1.54) is 0 Å². The molecule has 0 atom stereocenters. The Kier molecular flexibility index (Phi) is 4.56. The maximum atomic E-state index is 12.4. The minimum atomic E-state index is -0.463. The summed E-state index contributed by atoms with van der Waals surface area (Å²) in [6.45, 7) is 0.597. The van der Waals surface area contributed by atoms with Crippen LogP contribution in [0.4, 0.5) is 5.69 Å². The number of nitrogens with one attached hydrogen (secondary N) is 2. The number of carbonyl (C=O) groups is 3. The van der Waals surface area contributed by atoms with Crippen LogP contribution in [-0.4, -0.2) is 24.3 Å². The first kappa shape index (κ1) is 15.7. The summed E-state index contributed by atoms with van der Waals surface area (Å²) in [6, 6.07) is 15.5. The number of benzene rings is 2. The van der Waals surface area contributed by atoms with Crippen molar-refractivity contribution in [2.45, 2.75) is 12.8 Å². The Labute approximate surface area is 139 Å². The predicted molar refractivity (Wildman–Crippen MR) is 89.4 cm³/mol. The molecule has 3 amide bonds. The highest BCUT2D eigenvalue weighted by Gasteiger charge is 2.25. The Hall–Kier alpha value is -3.15. The van der Waals surface area contributed by atoms with Crippen molar-refractivity contribution in [3.63, 3.8) is 0 Å². The molecule has 122 valence electrons. The zero-order valence-corrected chi connectivity index (χ0v) is 13.0. The summed E-state index contributed by atoms with van der Waals surface area (Å²) in [6.07, 6.45) is 1.26. The van der Waals surface area contributed by atoms with E-state index in [1.807, 2.05) is 0 Å². The van der Waals surface area contributed by atoms with E-state index in [1.54, 1.807) is 59.5 Å². The second kappa shape index (κ2) is 6.95. The maximum Gasteiger partial charge on any atom is 0.271 e. The number of hydrogen-bond donors (Lipinski definition) is 2.